The molecule has 170 valence electrons. The third-order valence-electron chi connectivity index (χ3n) is 6.20. The van der Waals surface area contributed by atoms with Gasteiger partial charge in [-0.3, -0.25) is 9.48 Å². The number of carbonyl (C=O) groups is 1. The standard InChI is InChI=1S/C24H27Cl2N3O3/c1-24(2,32)18-11-21-16(12-29(28-21)17-6-3-14(13-30)4-7-17)10-22(18)27-23(31)15-5-8-19(25)20(26)9-15/h5,8-12,14,17,30,32H,3-4,6-7,13H2,1-2H3,(H,27,31). The van der Waals surface area contributed by atoms with Crippen LogP contribution in [0.3, 0.4) is 0 Å². The summed E-state index contributed by atoms with van der Waals surface area (Å²) in [5, 5.41) is 29.4. The minimum atomic E-state index is -1.18. The van der Waals surface area contributed by atoms with Gasteiger partial charge in [-0.2, -0.15) is 5.10 Å². The monoisotopic (exact) mass is 475 g/mol. The van der Waals surface area contributed by atoms with Crippen LogP contribution in [-0.4, -0.2) is 32.5 Å². The number of nitrogens with zero attached hydrogens (tertiary/aromatic N) is 2. The maximum atomic E-state index is 12.9. The van der Waals surface area contributed by atoms with E-state index < -0.39 is 5.60 Å². The zero-order chi connectivity index (χ0) is 23.0. The summed E-state index contributed by atoms with van der Waals surface area (Å²) in [6, 6.07) is 8.66. The van der Waals surface area contributed by atoms with Gasteiger partial charge in [0, 0.05) is 35.0 Å². The number of aromatic nitrogens is 2. The summed E-state index contributed by atoms with van der Waals surface area (Å²) in [4.78, 5) is 12.9. The van der Waals surface area contributed by atoms with Gasteiger partial charge in [0.15, 0.2) is 0 Å². The zero-order valence-electron chi connectivity index (χ0n) is 18.1. The number of hydrogen-bond acceptors (Lipinski definition) is 4. The van der Waals surface area contributed by atoms with Crippen LogP contribution in [0.5, 0.6) is 0 Å². The van der Waals surface area contributed by atoms with Gasteiger partial charge in [0.25, 0.3) is 5.91 Å². The maximum Gasteiger partial charge on any atom is 0.255 e. The molecule has 0 bridgehead atoms. The lowest BCUT2D eigenvalue weighted by atomic mass is 9.87. The first-order valence-corrected chi connectivity index (χ1v) is 11.5. The van der Waals surface area contributed by atoms with Crippen LogP contribution in [0.25, 0.3) is 10.9 Å². The molecule has 1 saturated carbocycles. The van der Waals surface area contributed by atoms with E-state index in [4.69, 9.17) is 28.3 Å². The fourth-order valence-electron chi connectivity index (χ4n) is 4.31. The highest BCUT2D eigenvalue weighted by Crippen LogP contribution is 2.35. The van der Waals surface area contributed by atoms with E-state index in [-0.39, 0.29) is 18.6 Å². The van der Waals surface area contributed by atoms with Crippen molar-refractivity contribution in [1.29, 1.82) is 0 Å². The van der Waals surface area contributed by atoms with Crippen LogP contribution in [0.4, 0.5) is 5.69 Å². The number of aliphatic hydroxyl groups excluding tert-OH is 1. The number of benzene rings is 2. The first kappa shape index (κ1) is 23.1. The summed E-state index contributed by atoms with van der Waals surface area (Å²) >= 11 is 12.0. The Balaban J connectivity index is 1.66. The Bertz CT molecular complexity index is 1150. The summed E-state index contributed by atoms with van der Waals surface area (Å²) in [5.74, 6) is 0.0318. The topological polar surface area (TPSA) is 87.4 Å². The Hall–Kier alpha value is -2.12. The van der Waals surface area contributed by atoms with E-state index >= 15 is 0 Å². The highest BCUT2D eigenvalue weighted by molar-refractivity contribution is 6.42. The predicted octanol–water partition coefficient (Wildman–Crippen LogP) is 5.55. The quantitative estimate of drug-likeness (QED) is 0.451. The summed E-state index contributed by atoms with van der Waals surface area (Å²) < 4.78 is 1.98. The summed E-state index contributed by atoms with van der Waals surface area (Å²) in [5.41, 5.74) is 1.05. The molecule has 6 nitrogen and oxygen atoms in total. The largest absolute Gasteiger partial charge is 0.396 e. The van der Waals surface area contributed by atoms with E-state index in [0.717, 1.165) is 36.6 Å². The molecule has 0 spiro atoms. The third-order valence-corrected chi connectivity index (χ3v) is 6.94. The van der Waals surface area contributed by atoms with Gasteiger partial charge in [0.05, 0.1) is 27.2 Å². The number of aliphatic hydroxyl groups is 2. The van der Waals surface area contributed by atoms with Gasteiger partial charge in [0.1, 0.15) is 0 Å². The van der Waals surface area contributed by atoms with Gasteiger partial charge in [-0.25, -0.2) is 0 Å². The molecule has 0 radical (unpaired) electrons. The van der Waals surface area contributed by atoms with Crippen molar-refractivity contribution in [2.24, 2.45) is 5.92 Å². The SMILES string of the molecule is CC(C)(O)c1cc2nn(C3CCC(CO)CC3)cc2cc1NC(=O)c1ccc(Cl)c(Cl)c1. The van der Waals surface area contributed by atoms with Crippen molar-refractivity contribution in [3.8, 4) is 0 Å². The van der Waals surface area contributed by atoms with E-state index in [1.165, 1.54) is 6.07 Å². The summed E-state index contributed by atoms with van der Waals surface area (Å²) in [6.07, 6.45) is 5.90. The number of halogens is 2. The second-order valence-corrected chi connectivity index (χ2v) is 9.88. The average molecular weight is 476 g/mol. The molecule has 1 fully saturated rings. The van der Waals surface area contributed by atoms with Crippen molar-refractivity contribution < 1.29 is 15.0 Å². The van der Waals surface area contributed by atoms with Crippen LogP contribution in [0, 0.1) is 5.92 Å². The van der Waals surface area contributed by atoms with Gasteiger partial charge in [-0.1, -0.05) is 23.2 Å². The molecule has 0 atom stereocenters. The fraction of sp³-hybridized carbons (Fsp3) is 0.417. The van der Waals surface area contributed by atoms with Crippen molar-refractivity contribution in [3.05, 3.63) is 57.7 Å². The van der Waals surface area contributed by atoms with E-state index in [0.29, 0.717) is 32.8 Å². The molecule has 32 heavy (non-hydrogen) atoms. The highest BCUT2D eigenvalue weighted by atomic mass is 35.5. The fourth-order valence-corrected chi connectivity index (χ4v) is 4.61. The van der Waals surface area contributed by atoms with Crippen LogP contribution in [0.1, 0.15) is 61.5 Å². The molecule has 1 aliphatic carbocycles. The Morgan fingerprint density at radius 2 is 1.88 bits per heavy atom. The van der Waals surface area contributed by atoms with Crippen LogP contribution in [0.2, 0.25) is 10.0 Å². The normalized spacial score (nSPS) is 19.3. The van der Waals surface area contributed by atoms with Crippen molar-refractivity contribution in [3.63, 3.8) is 0 Å². The van der Waals surface area contributed by atoms with Crippen LogP contribution in [-0.2, 0) is 5.60 Å². The minimum Gasteiger partial charge on any atom is -0.396 e. The molecule has 1 heterocycles. The second kappa shape index (κ2) is 9.02. The van der Waals surface area contributed by atoms with Crippen LogP contribution in [0.15, 0.2) is 36.5 Å². The summed E-state index contributed by atoms with van der Waals surface area (Å²) in [6.45, 7) is 3.59. The number of carbonyl (C=O) groups excluding carboxylic acids is 1. The van der Waals surface area contributed by atoms with Gasteiger partial charge in [-0.05, 0) is 75.8 Å². The maximum absolute atomic E-state index is 12.9. The number of nitrogens with one attached hydrogen (secondary N) is 1. The Labute approximate surface area is 197 Å². The number of anilines is 1. The van der Waals surface area contributed by atoms with Crippen LogP contribution < -0.4 is 5.32 Å². The molecule has 0 saturated heterocycles. The van der Waals surface area contributed by atoms with E-state index in [1.54, 1.807) is 26.0 Å². The molecule has 0 unspecified atom stereocenters. The van der Waals surface area contributed by atoms with Gasteiger partial charge in [-0.15, -0.1) is 0 Å². The molecule has 1 amide bonds. The van der Waals surface area contributed by atoms with Crippen molar-refractivity contribution >= 4 is 45.7 Å². The molecule has 1 aromatic heterocycles. The van der Waals surface area contributed by atoms with Gasteiger partial charge in [0.2, 0.25) is 0 Å². The van der Waals surface area contributed by atoms with Gasteiger partial charge >= 0.3 is 0 Å². The second-order valence-electron chi connectivity index (χ2n) is 9.06. The Kier molecular flexibility index (Phi) is 6.50. The Morgan fingerprint density at radius 1 is 1.16 bits per heavy atom. The average Bonchev–Trinajstić information content (AvgIpc) is 3.17. The lowest BCUT2D eigenvalue weighted by molar-refractivity contribution is 0.0794. The van der Waals surface area contributed by atoms with E-state index in [9.17, 15) is 15.0 Å². The Morgan fingerprint density at radius 3 is 2.50 bits per heavy atom. The molecule has 4 rings (SSSR count). The zero-order valence-corrected chi connectivity index (χ0v) is 19.6. The molecule has 8 heteroatoms. The molecular weight excluding hydrogens is 449 g/mol. The molecule has 3 N–H and O–H groups in total. The number of fused-ring (bicyclic) bond motifs is 1. The van der Waals surface area contributed by atoms with Crippen molar-refractivity contribution in [2.75, 3.05) is 11.9 Å². The first-order chi connectivity index (χ1) is 15.2. The lowest BCUT2D eigenvalue weighted by Crippen LogP contribution is -2.21. The van der Waals surface area contributed by atoms with Crippen molar-refractivity contribution in [1.82, 2.24) is 9.78 Å². The number of amides is 1. The lowest BCUT2D eigenvalue weighted by Gasteiger charge is -2.27. The molecule has 2 aromatic carbocycles. The molecular formula is C24H27Cl2N3O3. The first-order valence-electron chi connectivity index (χ1n) is 10.8. The van der Waals surface area contributed by atoms with E-state index in [1.807, 2.05) is 23.0 Å². The highest BCUT2D eigenvalue weighted by Gasteiger charge is 2.26. The minimum absolute atomic E-state index is 0.241. The predicted molar refractivity (Wildman–Crippen MR) is 127 cm³/mol. The van der Waals surface area contributed by atoms with Gasteiger partial charge < -0.3 is 15.5 Å². The smallest absolute Gasteiger partial charge is 0.255 e. The molecule has 3 aromatic rings. The third kappa shape index (κ3) is 4.79. The molecule has 0 aliphatic heterocycles. The number of hydrogen-bond donors (Lipinski definition) is 3. The van der Waals surface area contributed by atoms with E-state index in [2.05, 4.69) is 5.32 Å². The van der Waals surface area contributed by atoms with Crippen LogP contribution >= 0.6 is 23.2 Å². The molecule has 1 aliphatic rings. The summed E-state index contributed by atoms with van der Waals surface area (Å²) in [7, 11) is 0. The number of rotatable bonds is 5. The van der Waals surface area contributed by atoms with Crippen molar-refractivity contribution in [2.45, 2.75) is 51.2 Å².